The van der Waals surface area contributed by atoms with Gasteiger partial charge < -0.3 is 0 Å². The van der Waals surface area contributed by atoms with E-state index >= 15 is 0 Å². The van der Waals surface area contributed by atoms with Crippen LogP contribution >= 0.6 is 0 Å². The standard InChI is InChI=1S/C10H22N2Se/c1-4-6-8-11-10(13)12(3)9-7-5-2/h4-9H2,1-3H3,(H,11,13). The second-order valence-electron chi connectivity index (χ2n) is 3.36. The Hall–Kier alpha value is -0.0105. The van der Waals surface area contributed by atoms with Crippen molar-refractivity contribution in [3.8, 4) is 0 Å². The Morgan fingerprint density at radius 3 is 2.38 bits per heavy atom. The van der Waals surface area contributed by atoms with Crippen molar-refractivity contribution in [3.05, 3.63) is 0 Å². The van der Waals surface area contributed by atoms with Crippen LogP contribution in [0.3, 0.4) is 0 Å². The van der Waals surface area contributed by atoms with Gasteiger partial charge in [-0.05, 0) is 0 Å². The van der Waals surface area contributed by atoms with Gasteiger partial charge in [0.25, 0.3) is 0 Å². The van der Waals surface area contributed by atoms with E-state index in [1.807, 2.05) is 0 Å². The summed E-state index contributed by atoms with van der Waals surface area (Å²) >= 11 is 3.08. The van der Waals surface area contributed by atoms with Crippen molar-refractivity contribution in [1.82, 2.24) is 10.2 Å². The zero-order chi connectivity index (χ0) is 10.1. The van der Waals surface area contributed by atoms with E-state index in [-0.39, 0.29) is 0 Å². The molecule has 3 heteroatoms. The van der Waals surface area contributed by atoms with Crippen molar-refractivity contribution in [1.29, 1.82) is 0 Å². The molecule has 0 aromatic carbocycles. The second-order valence-corrected chi connectivity index (χ2v) is 4.17. The Kier molecular flexibility index (Phi) is 8.57. The third-order valence-corrected chi connectivity index (χ3v) is 2.96. The van der Waals surface area contributed by atoms with Gasteiger partial charge in [0.1, 0.15) is 0 Å². The first-order valence-corrected chi connectivity index (χ1v) is 6.07. The van der Waals surface area contributed by atoms with Gasteiger partial charge in [-0.3, -0.25) is 0 Å². The molecule has 0 rings (SSSR count). The predicted octanol–water partition coefficient (Wildman–Crippen LogP) is 1.36. The van der Waals surface area contributed by atoms with Crippen LogP contribution < -0.4 is 5.32 Å². The summed E-state index contributed by atoms with van der Waals surface area (Å²) < 4.78 is 1.18. The number of unbranched alkanes of at least 4 members (excludes halogenated alkanes) is 2. The summed E-state index contributed by atoms with van der Waals surface area (Å²) in [6.07, 6.45) is 5.01. The van der Waals surface area contributed by atoms with Crippen molar-refractivity contribution >= 4 is 20.2 Å². The SMILES string of the molecule is CCCCNC(=[Se])N(C)CCCC. The normalized spacial score (nSPS) is 9.77. The minimum atomic E-state index is 1.08. The van der Waals surface area contributed by atoms with E-state index in [0.29, 0.717) is 0 Å². The molecule has 0 aromatic rings. The molecule has 0 bridgehead atoms. The first-order chi connectivity index (χ1) is 6.22. The number of rotatable bonds is 8. The minimum absolute atomic E-state index is 1.08. The Morgan fingerprint density at radius 2 is 1.85 bits per heavy atom. The quantitative estimate of drug-likeness (QED) is 0.516. The van der Waals surface area contributed by atoms with E-state index in [1.54, 1.807) is 0 Å². The molecule has 0 amide bonds. The summed E-state index contributed by atoms with van der Waals surface area (Å²) in [5.41, 5.74) is 0. The van der Waals surface area contributed by atoms with E-state index in [9.17, 15) is 0 Å². The van der Waals surface area contributed by atoms with Crippen LogP contribution in [0.1, 0.15) is 39.5 Å². The van der Waals surface area contributed by atoms with Gasteiger partial charge >= 0.3 is 90.1 Å². The summed E-state index contributed by atoms with van der Waals surface area (Å²) in [4.78, 5) is 2.25. The molecule has 0 aromatic heterocycles. The Bertz CT molecular complexity index is 137. The Morgan fingerprint density at radius 1 is 1.23 bits per heavy atom. The molecule has 0 fully saturated rings. The van der Waals surface area contributed by atoms with Crippen LogP contribution in [-0.2, 0) is 0 Å². The molecular formula is C10H22N2Se. The molecule has 13 heavy (non-hydrogen) atoms. The predicted molar refractivity (Wildman–Crippen MR) is 61.2 cm³/mol. The topological polar surface area (TPSA) is 15.3 Å². The molecule has 2 nitrogen and oxygen atoms in total. The van der Waals surface area contributed by atoms with Gasteiger partial charge in [-0.1, -0.05) is 0 Å². The fourth-order valence-electron chi connectivity index (χ4n) is 1.00. The van der Waals surface area contributed by atoms with Crippen molar-refractivity contribution < 1.29 is 0 Å². The van der Waals surface area contributed by atoms with E-state index in [4.69, 9.17) is 0 Å². The van der Waals surface area contributed by atoms with Gasteiger partial charge in [0.15, 0.2) is 0 Å². The van der Waals surface area contributed by atoms with Crippen LogP contribution in [0, 0.1) is 0 Å². The first-order valence-electron chi connectivity index (χ1n) is 5.21. The van der Waals surface area contributed by atoms with Gasteiger partial charge in [-0.15, -0.1) is 0 Å². The molecular weight excluding hydrogens is 227 g/mol. The average Bonchev–Trinajstić information content (AvgIpc) is 2.14. The van der Waals surface area contributed by atoms with Crippen molar-refractivity contribution in [2.45, 2.75) is 39.5 Å². The molecule has 0 unspecified atom stereocenters. The zero-order valence-corrected chi connectivity index (χ0v) is 10.8. The monoisotopic (exact) mass is 250 g/mol. The molecule has 0 aliphatic carbocycles. The van der Waals surface area contributed by atoms with Gasteiger partial charge in [0.2, 0.25) is 0 Å². The fourth-order valence-corrected chi connectivity index (χ4v) is 1.41. The second kappa shape index (κ2) is 8.58. The summed E-state index contributed by atoms with van der Waals surface area (Å²) in [5.74, 6) is 0. The molecule has 0 aliphatic rings. The summed E-state index contributed by atoms with van der Waals surface area (Å²) in [5, 5.41) is 3.38. The van der Waals surface area contributed by atoms with E-state index in [0.717, 1.165) is 13.1 Å². The first kappa shape index (κ1) is 13.0. The zero-order valence-electron chi connectivity index (χ0n) is 9.10. The molecule has 0 heterocycles. The molecule has 0 atom stereocenters. The number of hydrogen-bond donors (Lipinski definition) is 1. The van der Waals surface area contributed by atoms with E-state index in [2.05, 4.69) is 46.7 Å². The van der Waals surface area contributed by atoms with Crippen LogP contribution in [0.2, 0.25) is 0 Å². The number of nitrogens with zero attached hydrogens (tertiary/aromatic N) is 1. The van der Waals surface area contributed by atoms with Crippen molar-refractivity contribution in [2.75, 3.05) is 20.1 Å². The fraction of sp³-hybridized carbons (Fsp3) is 0.900. The van der Waals surface area contributed by atoms with Crippen LogP contribution in [0.4, 0.5) is 0 Å². The van der Waals surface area contributed by atoms with Gasteiger partial charge in [-0.25, -0.2) is 0 Å². The number of nitrogens with one attached hydrogen (secondary N) is 1. The third-order valence-electron chi connectivity index (χ3n) is 2.00. The summed E-state index contributed by atoms with van der Waals surface area (Å²) in [7, 11) is 2.13. The molecule has 0 saturated carbocycles. The maximum atomic E-state index is 3.38. The molecule has 78 valence electrons. The third kappa shape index (κ3) is 7.09. The van der Waals surface area contributed by atoms with Gasteiger partial charge in [-0.2, -0.15) is 0 Å². The van der Waals surface area contributed by atoms with Crippen LogP contribution in [0.15, 0.2) is 0 Å². The maximum absolute atomic E-state index is 3.38. The molecule has 0 spiro atoms. The Labute approximate surface area is 90.4 Å². The summed E-state index contributed by atoms with van der Waals surface area (Å²) in [6.45, 7) is 6.65. The molecule has 0 aliphatic heterocycles. The molecule has 0 radical (unpaired) electrons. The van der Waals surface area contributed by atoms with E-state index in [1.165, 1.54) is 30.3 Å². The average molecular weight is 249 g/mol. The van der Waals surface area contributed by atoms with Gasteiger partial charge in [0.05, 0.1) is 0 Å². The van der Waals surface area contributed by atoms with E-state index < -0.39 is 0 Å². The molecule has 1 N–H and O–H groups in total. The van der Waals surface area contributed by atoms with Crippen LogP contribution in [0.25, 0.3) is 0 Å². The van der Waals surface area contributed by atoms with Gasteiger partial charge in [0, 0.05) is 0 Å². The number of hydrogen-bond acceptors (Lipinski definition) is 2. The van der Waals surface area contributed by atoms with Crippen LogP contribution in [-0.4, -0.2) is 45.3 Å². The summed E-state index contributed by atoms with van der Waals surface area (Å²) in [6, 6.07) is 0. The van der Waals surface area contributed by atoms with Crippen LogP contribution in [0.5, 0.6) is 0 Å². The Balaban J connectivity index is 3.45. The van der Waals surface area contributed by atoms with Crippen molar-refractivity contribution in [2.24, 2.45) is 0 Å². The van der Waals surface area contributed by atoms with Crippen molar-refractivity contribution in [3.63, 3.8) is 0 Å². The molecule has 0 saturated heterocycles.